The summed E-state index contributed by atoms with van der Waals surface area (Å²) >= 11 is 0. The van der Waals surface area contributed by atoms with E-state index in [0.717, 1.165) is 10.5 Å². The predicted molar refractivity (Wildman–Crippen MR) is 116 cm³/mol. The van der Waals surface area contributed by atoms with Crippen LogP contribution >= 0.6 is 0 Å². The van der Waals surface area contributed by atoms with Crippen LogP contribution in [0.4, 0.5) is 0 Å². The van der Waals surface area contributed by atoms with E-state index in [-0.39, 0.29) is 18.6 Å². The molecular formula is C24H25N3O5. The SMILES string of the molecule is O=C(CN1C(=O)c2ccccc2C1=O)NCCCC(=O)N1CCOC(c2ccccc2)C1. The summed E-state index contributed by atoms with van der Waals surface area (Å²) in [4.78, 5) is 52.2. The van der Waals surface area contributed by atoms with Crippen molar-refractivity contribution in [1.82, 2.24) is 15.1 Å². The summed E-state index contributed by atoms with van der Waals surface area (Å²) in [5.74, 6) is -1.33. The van der Waals surface area contributed by atoms with Crippen LogP contribution < -0.4 is 5.32 Å². The number of fused-ring (bicyclic) bond motifs is 1. The zero-order chi connectivity index (χ0) is 22.5. The molecule has 2 aliphatic heterocycles. The molecule has 0 spiro atoms. The molecule has 0 aromatic heterocycles. The largest absolute Gasteiger partial charge is 0.370 e. The molecule has 2 aliphatic rings. The van der Waals surface area contributed by atoms with Crippen molar-refractivity contribution in [1.29, 1.82) is 0 Å². The lowest BCUT2D eigenvalue weighted by Gasteiger charge is -2.33. The molecule has 32 heavy (non-hydrogen) atoms. The number of nitrogens with one attached hydrogen (secondary N) is 1. The van der Waals surface area contributed by atoms with Crippen molar-refractivity contribution in [2.24, 2.45) is 0 Å². The Morgan fingerprint density at radius 2 is 1.62 bits per heavy atom. The number of benzene rings is 2. The molecule has 1 atom stereocenters. The van der Waals surface area contributed by atoms with Gasteiger partial charge in [0.2, 0.25) is 11.8 Å². The molecule has 0 bridgehead atoms. The number of imide groups is 1. The monoisotopic (exact) mass is 435 g/mol. The lowest BCUT2D eigenvalue weighted by molar-refractivity contribution is -0.139. The maximum atomic E-state index is 12.6. The van der Waals surface area contributed by atoms with E-state index in [4.69, 9.17) is 4.74 Å². The molecular weight excluding hydrogens is 410 g/mol. The Balaban J connectivity index is 1.19. The molecule has 0 saturated carbocycles. The minimum atomic E-state index is -0.462. The van der Waals surface area contributed by atoms with Crippen LogP contribution in [0.3, 0.4) is 0 Å². The molecule has 1 N–H and O–H groups in total. The van der Waals surface area contributed by atoms with Crippen LogP contribution in [0.1, 0.15) is 45.2 Å². The average Bonchev–Trinajstić information content (AvgIpc) is 3.07. The van der Waals surface area contributed by atoms with Crippen molar-refractivity contribution < 1.29 is 23.9 Å². The third-order valence-corrected chi connectivity index (χ3v) is 5.66. The molecule has 0 radical (unpaired) electrons. The highest BCUT2D eigenvalue weighted by atomic mass is 16.5. The molecule has 1 unspecified atom stereocenters. The van der Waals surface area contributed by atoms with Crippen molar-refractivity contribution >= 4 is 23.6 Å². The average molecular weight is 435 g/mol. The van der Waals surface area contributed by atoms with Gasteiger partial charge in [-0.25, -0.2) is 0 Å². The van der Waals surface area contributed by atoms with Crippen LogP contribution in [0.15, 0.2) is 54.6 Å². The highest BCUT2D eigenvalue weighted by Crippen LogP contribution is 2.23. The zero-order valence-corrected chi connectivity index (χ0v) is 17.7. The number of rotatable bonds is 7. The number of nitrogens with zero attached hydrogens (tertiary/aromatic N) is 2. The van der Waals surface area contributed by atoms with Crippen molar-refractivity contribution in [2.45, 2.75) is 18.9 Å². The summed E-state index contributed by atoms with van der Waals surface area (Å²) in [6, 6.07) is 16.3. The summed E-state index contributed by atoms with van der Waals surface area (Å²) in [5.41, 5.74) is 1.68. The predicted octanol–water partition coefficient (Wildman–Crippen LogP) is 1.78. The second-order valence-corrected chi connectivity index (χ2v) is 7.81. The summed E-state index contributed by atoms with van der Waals surface area (Å²) in [6.07, 6.45) is 0.641. The molecule has 8 nitrogen and oxygen atoms in total. The highest BCUT2D eigenvalue weighted by Gasteiger charge is 2.36. The smallest absolute Gasteiger partial charge is 0.262 e. The first kappa shape index (κ1) is 21.7. The summed E-state index contributed by atoms with van der Waals surface area (Å²) in [6.45, 7) is 1.51. The highest BCUT2D eigenvalue weighted by molar-refractivity contribution is 6.22. The van der Waals surface area contributed by atoms with Crippen LogP contribution in [-0.2, 0) is 14.3 Å². The number of ether oxygens (including phenoxy) is 1. The van der Waals surface area contributed by atoms with E-state index in [0.29, 0.717) is 50.2 Å². The first-order valence-corrected chi connectivity index (χ1v) is 10.7. The van der Waals surface area contributed by atoms with Crippen LogP contribution in [0.25, 0.3) is 0 Å². The third kappa shape index (κ3) is 4.70. The van der Waals surface area contributed by atoms with Gasteiger partial charge in [-0.1, -0.05) is 42.5 Å². The van der Waals surface area contributed by atoms with Gasteiger partial charge in [-0.15, -0.1) is 0 Å². The van der Waals surface area contributed by atoms with E-state index in [1.165, 1.54) is 0 Å². The van der Waals surface area contributed by atoms with Gasteiger partial charge in [0, 0.05) is 19.5 Å². The minimum absolute atomic E-state index is 0.0174. The Hall–Kier alpha value is -3.52. The summed E-state index contributed by atoms with van der Waals surface area (Å²) in [7, 11) is 0. The van der Waals surface area contributed by atoms with Crippen LogP contribution in [-0.4, -0.2) is 66.2 Å². The summed E-state index contributed by atoms with van der Waals surface area (Å²) < 4.78 is 5.79. The maximum absolute atomic E-state index is 12.6. The topological polar surface area (TPSA) is 96.0 Å². The van der Waals surface area contributed by atoms with Gasteiger partial charge in [0.1, 0.15) is 12.6 Å². The first-order valence-electron chi connectivity index (χ1n) is 10.7. The summed E-state index contributed by atoms with van der Waals surface area (Å²) in [5, 5.41) is 2.69. The van der Waals surface area contributed by atoms with E-state index in [9.17, 15) is 19.2 Å². The minimum Gasteiger partial charge on any atom is -0.370 e. The number of amides is 4. The van der Waals surface area contributed by atoms with Gasteiger partial charge in [0.25, 0.3) is 11.8 Å². The quantitative estimate of drug-likeness (QED) is 0.528. The lowest BCUT2D eigenvalue weighted by Crippen LogP contribution is -2.43. The first-order chi connectivity index (χ1) is 15.5. The van der Waals surface area contributed by atoms with Crippen molar-refractivity contribution in [3.05, 3.63) is 71.3 Å². The maximum Gasteiger partial charge on any atom is 0.262 e. The lowest BCUT2D eigenvalue weighted by atomic mass is 10.1. The van der Waals surface area contributed by atoms with E-state index in [1.807, 2.05) is 30.3 Å². The Kier molecular flexibility index (Phi) is 6.61. The number of carbonyl (C=O) groups is 4. The second kappa shape index (κ2) is 9.74. The molecule has 4 amide bonds. The molecule has 2 heterocycles. The van der Waals surface area contributed by atoms with E-state index in [2.05, 4.69) is 5.32 Å². The Morgan fingerprint density at radius 3 is 2.31 bits per heavy atom. The van der Waals surface area contributed by atoms with Crippen LogP contribution in [0, 0.1) is 0 Å². The van der Waals surface area contributed by atoms with Crippen molar-refractivity contribution in [3.63, 3.8) is 0 Å². The number of hydrogen-bond acceptors (Lipinski definition) is 5. The standard InChI is InChI=1S/C24H25N3O5/c28-21(16-27-23(30)18-9-4-5-10-19(18)24(27)31)25-12-6-11-22(29)26-13-14-32-20(15-26)17-7-2-1-3-8-17/h1-5,7-10,20H,6,11-16H2,(H,25,28). The molecule has 166 valence electrons. The number of hydrogen-bond donors (Lipinski definition) is 1. The van der Waals surface area contributed by atoms with Crippen LogP contribution in [0.5, 0.6) is 0 Å². The fourth-order valence-electron chi connectivity index (χ4n) is 3.95. The third-order valence-electron chi connectivity index (χ3n) is 5.66. The molecule has 1 saturated heterocycles. The van der Waals surface area contributed by atoms with Crippen LogP contribution in [0.2, 0.25) is 0 Å². The second-order valence-electron chi connectivity index (χ2n) is 7.81. The molecule has 4 rings (SSSR count). The van der Waals surface area contributed by atoms with E-state index >= 15 is 0 Å². The van der Waals surface area contributed by atoms with E-state index in [1.54, 1.807) is 29.2 Å². The normalized spacial score (nSPS) is 17.9. The van der Waals surface area contributed by atoms with Gasteiger partial charge >= 0.3 is 0 Å². The molecule has 2 aromatic rings. The van der Waals surface area contributed by atoms with E-state index < -0.39 is 17.7 Å². The van der Waals surface area contributed by atoms with Gasteiger partial charge in [-0.2, -0.15) is 0 Å². The molecule has 2 aromatic carbocycles. The zero-order valence-electron chi connectivity index (χ0n) is 17.7. The van der Waals surface area contributed by atoms with Gasteiger partial charge in [0.15, 0.2) is 0 Å². The molecule has 0 aliphatic carbocycles. The fourth-order valence-corrected chi connectivity index (χ4v) is 3.95. The van der Waals surface area contributed by atoms with Gasteiger partial charge in [0.05, 0.1) is 24.3 Å². The fraction of sp³-hybridized carbons (Fsp3) is 0.333. The van der Waals surface area contributed by atoms with Crippen molar-refractivity contribution in [2.75, 3.05) is 32.8 Å². The number of carbonyl (C=O) groups excluding carboxylic acids is 4. The van der Waals surface area contributed by atoms with Gasteiger partial charge < -0.3 is 15.0 Å². The Labute approximate surface area is 186 Å². The Bertz CT molecular complexity index is 988. The molecule has 8 heteroatoms. The Morgan fingerprint density at radius 1 is 0.969 bits per heavy atom. The van der Waals surface area contributed by atoms with Gasteiger partial charge in [-0.3, -0.25) is 24.1 Å². The van der Waals surface area contributed by atoms with Crippen molar-refractivity contribution in [3.8, 4) is 0 Å². The number of morpholine rings is 1. The van der Waals surface area contributed by atoms with Gasteiger partial charge in [-0.05, 0) is 24.1 Å². The molecule has 1 fully saturated rings.